The number of hydrogen-bond donors (Lipinski definition) is 1. The number of nitrogens with zero attached hydrogens (tertiary/aromatic N) is 1. The number of aromatic nitrogens is 1. The molecule has 1 rings (SSSR count). The molecule has 0 aromatic carbocycles. The van der Waals surface area contributed by atoms with Crippen molar-refractivity contribution in [3.8, 4) is 0 Å². The third kappa shape index (κ3) is 1.87. The van der Waals surface area contributed by atoms with E-state index < -0.39 is 0 Å². The molecule has 0 atom stereocenters. The van der Waals surface area contributed by atoms with Crippen LogP contribution >= 0.6 is 23.2 Å². The monoisotopic (exact) mass is 204 g/mol. The van der Waals surface area contributed by atoms with Crippen molar-refractivity contribution in [2.45, 2.75) is 0 Å². The van der Waals surface area contributed by atoms with Crippen LogP contribution in [0.5, 0.6) is 0 Å². The van der Waals surface area contributed by atoms with Gasteiger partial charge >= 0.3 is 0 Å². The van der Waals surface area contributed by atoms with Gasteiger partial charge < -0.3 is 5.32 Å². The number of nitrogens with one attached hydrogen (secondary N) is 1. The third-order valence-electron chi connectivity index (χ3n) is 1.29. The molecule has 64 valence electrons. The van der Waals surface area contributed by atoms with Crippen molar-refractivity contribution >= 4 is 29.1 Å². The minimum Gasteiger partial charge on any atom is -0.355 e. The highest BCUT2D eigenvalue weighted by Gasteiger charge is 2.08. The fourth-order valence-electron chi connectivity index (χ4n) is 0.722. The third-order valence-corrected chi connectivity index (χ3v) is 1.80. The maximum absolute atomic E-state index is 11.1. The second kappa shape index (κ2) is 3.74. The number of pyridine rings is 1. The molecule has 1 heterocycles. The van der Waals surface area contributed by atoms with Gasteiger partial charge in [0.05, 0.1) is 10.6 Å². The first kappa shape index (κ1) is 9.29. The van der Waals surface area contributed by atoms with Crippen LogP contribution in [0.1, 0.15) is 10.4 Å². The van der Waals surface area contributed by atoms with Crippen molar-refractivity contribution in [3.05, 3.63) is 28.0 Å². The Morgan fingerprint density at radius 2 is 2.25 bits per heavy atom. The van der Waals surface area contributed by atoms with E-state index in [-0.39, 0.29) is 11.1 Å². The molecule has 5 heteroatoms. The Morgan fingerprint density at radius 1 is 1.58 bits per heavy atom. The number of hydrogen-bond acceptors (Lipinski definition) is 2. The minimum absolute atomic E-state index is 0.248. The molecule has 0 aliphatic heterocycles. The first-order chi connectivity index (χ1) is 5.65. The van der Waals surface area contributed by atoms with Crippen LogP contribution in [0.25, 0.3) is 0 Å². The SMILES string of the molecule is CNC(=O)c1cc(Cl)ncc1Cl. The van der Waals surface area contributed by atoms with Gasteiger partial charge in [0.25, 0.3) is 5.91 Å². The van der Waals surface area contributed by atoms with E-state index in [1.54, 1.807) is 0 Å². The van der Waals surface area contributed by atoms with Crippen LogP contribution in [0.3, 0.4) is 0 Å². The van der Waals surface area contributed by atoms with Crippen LogP contribution in [0.2, 0.25) is 10.2 Å². The van der Waals surface area contributed by atoms with Gasteiger partial charge in [-0.15, -0.1) is 0 Å². The summed E-state index contributed by atoms with van der Waals surface area (Å²) in [5.74, 6) is -0.274. The minimum atomic E-state index is -0.274. The van der Waals surface area contributed by atoms with Crippen LogP contribution in [0, 0.1) is 0 Å². The van der Waals surface area contributed by atoms with E-state index in [9.17, 15) is 4.79 Å². The average Bonchev–Trinajstić information content (AvgIpc) is 2.08. The van der Waals surface area contributed by atoms with Crippen molar-refractivity contribution in [2.75, 3.05) is 7.05 Å². The van der Waals surface area contributed by atoms with Gasteiger partial charge in [-0.25, -0.2) is 4.98 Å². The lowest BCUT2D eigenvalue weighted by molar-refractivity contribution is 0.0963. The summed E-state index contributed by atoms with van der Waals surface area (Å²) in [5.41, 5.74) is 0.333. The van der Waals surface area contributed by atoms with Gasteiger partial charge in [-0.3, -0.25) is 4.79 Å². The Morgan fingerprint density at radius 3 is 2.83 bits per heavy atom. The molecule has 3 nitrogen and oxygen atoms in total. The lowest BCUT2D eigenvalue weighted by atomic mass is 10.2. The lowest BCUT2D eigenvalue weighted by Gasteiger charge is -2.01. The molecule has 1 aromatic rings. The fraction of sp³-hybridized carbons (Fsp3) is 0.143. The Balaban J connectivity index is 3.13. The van der Waals surface area contributed by atoms with Crippen LogP contribution < -0.4 is 5.32 Å². The van der Waals surface area contributed by atoms with Gasteiger partial charge in [0.2, 0.25) is 0 Å². The molecule has 0 fully saturated rings. The lowest BCUT2D eigenvalue weighted by Crippen LogP contribution is -2.18. The van der Waals surface area contributed by atoms with Gasteiger partial charge in [-0.05, 0) is 6.07 Å². The summed E-state index contributed by atoms with van der Waals surface area (Å²) >= 11 is 11.3. The Hall–Kier alpha value is -0.800. The van der Waals surface area contributed by atoms with E-state index in [2.05, 4.69) is 10.3 Å². The summed E-state index contributed by atoms with van der Waals surface area (Å²) < 4.78 is 0. The van der Waals surface area contributed by atoms with Crippen molar-refractivity contribution < 1.29 is 4.79 Å². The van der Waals surface area contributed by atoms with E-state index in [4.69, 9.17) is 23.2 Å². The Kier molecular flexibility index (Phi) is 2.89. The van der Waals surface area contributed by atoms with Gasteiger partial charge in [0.15, 0.2) is 0 Å². The van der Waals surface area contributed by atoms with Crippen molar-refractivity contribution in [3.63, 3.8) is 0 Å². The van der Waals surface area contributed by atoms with Crippen LogP contribution in [-0.4, -0.2) is 17.9 Å². The predicted molar refractivity (Wildman–Crippen MR) is 47.6 cm³/mol. The summed E-state index contributed by atoms with van der Waals surface area (Å²) in [4.78, 5) is 14.8. The molecule has 0 unspecified atom stereocenters. The zero-order valence-electron chi connectivity index (χ0n) is 6.27. The van der Waals surface area contributed by atoms with Crippen molar-refractivity contribution in [2.24, 2.45) is 0 Å². The van der Waals surface area contributed by atoms with Crippen molar-refractivity contribution in [1.29, 1.82) is 0 Å². The predicted octanol–water partition coefficient (Wildman–Crippen LogP) is 1.75. The molecule has 1 N–H and O–H groups in total. The molecule has 12 heavy (non-hydrogen) atoms. The van der Waals surface area contributed by atoms with E-state index in [1.165, 1.54) is 19.3 Å². The number of halogens is 2. The standard InChI is InChI=1S/C7H6Cl2N2O/c1-10-7(12)4-2-6(9)11-3-5(4)8/h2-3H,1H3,(H,10,12). The number of amides is 1. The van der Waals surface area contributed by atoms with Gasteiger partial charge in [0.1, 0.15) is 5.15 Å². The maximum Gasteiger partial charge on any atom is 0.252 e. The normalized spacial score (nSPS) is 9.58. The first-order valence-corrected chi connectivity index (χ1v) is 3.94. The highest BCUT2D eigenvalue weighted by atomic mass is 35.5. The van der Waals surface area contributed by atoms with Gasteiger partial charge in [-0.1, -0.05) is 23.2 Å². The molecular formula is C7H6Cl2N2O. The summed E-state index contributed by atoms with van der Waals surface area (Å²) in [6.45, 7) is 0. The van der Waals surface area contributed by atoms with E-state index >= 15 is 0 Å². The second-order valence-corrected chi connectivity index (χ2v) is 2.86. The highest BCUT2D eigenvalue weighted by molar-refractivity contribution is 6.35. The molecule has 1 aromatic heterocycles. The summed E-state index contributed by atoms with van der Waals surface area (Å²) in [5, 5.41) is 2.98. The fourth-order valence-corrected chi connectivity index (χ4v) is 1.07. The van der Waals surface area contributed by atoms with Crippen molar-refractivity contribution in [1.82, 2.24) is 10.3 Å². The molecular weight excluding hydrogens is 199 g/mol. The molecule has 0 saturated heterocycles. The molecule has 1 amide bonds. The van der Waals surface area contributed by atoms with Gasteiger partial charge in [0, 0.05) is 13.2 Å². The highest BCUT2D eigenvalue weighted by Crippen LogP contribution is 2.17. The zero-order chi connectivity index (χ0) is 9.14. The molecule has 0 aliphatic rings. The summed E-state index contributed by atoms with van der Waals surface area (Å²) in [6.07, 6.45) is 1.34. The maximum atomic E-state index is 11.1. The van der Waals surface area contributed by atoms with E-state index in [1.807, 2.05) is 0 Å². The number of carbonyl (C=O) groups is 1. The van der Waals surface area contributed by atoms with E-state index in [0.29, 0.717) is 10.6 Å². The molecule has 0 radical (unpaired) electrons. The molecule has 0 spiro atoms. The molecule has 0 aliphatic carbocycles. The quantitative estimate of drug-likeness (QED) is 0.709. The smallest absolute Gasteiger partial charge is 0.252 e. The summed E-state index contributed by atoms with van der Waals surface area (Å²) in [7, 11) is 1.52. The van der Waals surface area contributed by atoms with Gasteiger partial charge in [-0.2, -0.15) is 0 Å². The Bertz CT molecular complexity index is 314. The number of rotatable bonds is 1. The summed E-state index contributed by atoms with van der Waals surface area (Å²) in [6, 6.07) is 1.42. The molecule has 0 bridgehead atoms. The first-order valence-electron chi connectivity index (χ1n) is 3.18. The van der Waals surface area contributed by atoms with Crippen LogP contribution in [-0.2, 0) is 0 Å². The van der Waals surface area contributed by atoms with E-state index in [0.717, 1.165) is 0 Å². The largest absolute Gasteiger partial charge is 0.355 e. The van der Waals surface area contributed by atoms with Crippen LogP contribution in [0.15, 0.2) is 12.3 Å². The zero-order valence-corrected chi connectivity index (χ0v) is 7.78. The second-order valence-electron chi connectivity index (χ2n) is 2.07. The van der Waals surface area contributed by atoms with Crippen LogP contribution in [0.4, 0.5) is 0 Å². The average molecular weight is 205 g/mol. The molecule has 0 saturated carbocycles. The Labute approximate surface area is 79.7 Å². The topological polar surface area (TPSA) is 42.0 Å². The number of carbonyl (C=O) groups excluding carboxylic acids is 1.